The molecule has 3 aromatic rings. The van der Waals surface area contributed by atoms with E-state index in [9.17, 15) is 9.59 Å². The van der Waals surface area contributed by atoms with E-state index in [1.54, 1.807) is 12.1 Å². The highest BCUT2D eigenvalue weighted by molar-refractivity contribution is 6.02. The van der Waals surface area contributed by atoms with E-state index < -0.39 is 11.9 Å². The molecule has 3 rings (SSSR count). The summed E-state index contributed by atoms with van der Waals surface area (Å²) in [5.74, 6) is -2.65. The quantitative estimate of drug-likeness (QED) is 0.486. The molecular weight excluding hydrogens is 322 g/mol. The zero-order valence-electron chi connectivity index (χ0n) is 12.9. The summed E-state index contributed by atoms with van der Waals surface area (Å²) in [6, 6.07) is 14.6. The molecule has 0 spiro atoms. The van der Waals surface area contributed by atoms with E-state index in [2.05, 4.69) is 10.2 Å². The molecule has 4 N–H and O–H groups in total. The Bertz CT molecular complexity index is 1030. The van der Waals surface area contributed by atoms with Crippen LogP contribution in [0.2, 0.25) is 0 Å². The summed E-state index contributed by atoms with van der Waals surface area (Å²) in [6.07, 6.45) is 0. The van der Waals surface area contributed by atoms with E-state index in [1.165, 1.54) is 18.2 Å². The molecule has 0 fully saturated rings. The number of carboxylic acid groups (broad SMARTS) is 2. The Hall–Kier alpha value is -3.74. The van der Waals surface area contributed by atoms with E-state index in [0.29, 0.717) is 11.4 Å². The maximum atomic E-state index is 11.2. The van der Waals surface area contributed by atoms with Crippen molar-refractivity contribution in [1.82, 2.24) is 0 Å². The molecule has 0 amide bonds. The van der Waals surface area contributed by atoms with E-state index >= 15 is 0 Å². The Morgan fingerprint density at radius 1 is 0.800 bits per heavy atom. The standard InChI is InChI=1S/C18H13N3O4/c19-15-7-8-16(12-4-2-1-3-11(12)15)21-20-10-5-6-13(17(22)23)14(9-10)18(24)25/h1-9H,19H2,(H,22,23)(H,24,25)/b21-20+. The third-order valence-corrected chi connectivity index (χ3v) is 3.67. The molecule has 0 heterocycles. The van der Waals surface area contributed by atoms with Gasteiger partial charge in [-0.15, -0.1) is 5.11 Å². The molecule has 0 atom stereocenters. The number of nitrogen functional groups attached to an aromatic ring is 1. The Balaban J connectivity index is 2.03. The van der Waals surface area contributed by atoms with Crippen LogP contribution in [0.4, 0.5) is 17.1 Å². The van der Waals surface area contributed by atoms with E-state index in [1.807, 2.05) is 24.3 Å². The second kappa shape index (κ2) is 6.40. The maximum Gasteiger partial charge on any atom is 0.336 e. The number of aromatic carboxylic acids is 2. The monoisotopic (exact) mass is 335 g/mol. The molecule has 0 saturated carbocycles. The first-order chi connectivity index (χ1) is 12.0. The average molecular weight is 335 g/mol. The van der Waals surface area contributed by atoms with Crippen molar-refractivity contribution in [3.05, 3.63) is 65.7 Å². The fourth-order valence-electron chi connectivity index (χ4n) is 2.46. The van der Waals surface area contributed by atoms with Gasteiger partial charge in [0, 0.05) is 16.5 Å². The zero-order chi connectivity index (χ0) is 18.0. The molecule has 3 aromatic carbocycles. The third kappa shape index (κ3) is 3.16. The molecule has 0 aliphatic heterocycles. The SMILES string of the molecule is Nc1ccc(/N=N/c2ccc(C(=O)O)c(C(=O)O)c2)c2ccccc12. The van der Waals surface area contributed by atoms with Crippen molar-refractivity contribution in [2.24, 2.45) is 10.2 Å². The Labute approximate surface area is 142 Å². The van der Waals surface area contributed by atoms with Crippen LogP contribution >= 0.6 is 0 Å². The van der Waals surface area contributed by atoms with Crippen molar-refractivity contribution in [2.75, 3.05) is 5.73 Å². The Morgan fingerprint density at radius 3 is 2.16 bits per heavy atom. The van der Waals surface area contributed by atoms with Crippen molar-refractivity contribution in [3.8, 4) is 0 Å². The van der Waals surface area contributed by atoms with Crippen LogP contribution in [0.1, 0.15) is 20.7 Å². The van der Waals surface area contributed by atoms with E-state index in [4.69, 9.17) is 15.9 Å². The first kappa shape index (κ1) is 16.1. The summed E-state index contributed by atoms with van der Waals surface area (Å²) < 4.78 is 0. The second-order valence-corrected chi connectivity index (χ2v) is 5.26. The number of carboxylic acids is 2. The fraction of sp³-hybridized carbons (Fsp3) is 0. The molecule has 0 saturated heterocycles. The van der Waals surface area contributed by atoms with Crippen LogP contribution in [0.25, 0.3) is 10.8 Å². The van der Waals surface area contributed by atoms with Gasteiger partial charge in [0.1, 0.15) is 0 Å². The van der Waals surface area contributed by atoms with Crippen molar-refractivity contribution in [2.45, 2.75) is 0 Å². The van der Waals surface area contributed by atoms with Gasteiger partial charge in [0.25, 0.3) is 0 Å². The van der Waals surface area contributed by atoms with Crippen molar-refractivity contribution >= 4 is 39.8 Å². The smallest absolute Gasteiger partial charge is 0.336 e. The minimum atomic E-state index is -1.34. The molecule has 0 radical (unpaired) electrons. The van der Waals surface area contributed by atoms with Gasteiger partial charge in [-0.05, 0) is 30.3 Å². The fourth-order valence-corrected chi connectivity index (χ4v) is 2.46. The molecule has 0 bridgehead atoms. The number of nitrogens with zero attached hydrogens (tertiary/aromatic N) is 2. The summed E-state index contributed by atoms with van der Waals surface area (Å²) in [5, 5.41) is 28.0. The van der Waals surface area contributed by atoms with Gasteiger partial charge in [-0.25, -0.2) is 9.59 Å². The number of benzene rings is 3. The molecule has 0 aliphatic rings. The van der Waals surface area contributed by atoms with Crippen LogP contribution in [0.3, 0.4) is 0 Å². The maximum absolute atomic E-state index is 11.2. The number of hydrogen-bond acceptors (Lipinski definition) is 5. The van der Waals surface area contributed by atoms with Crippen molar-refractivity contribution in [3.63, 3.8) is 0 Å². The topological polar surface area (TPSA) is 125 Å². The van der Waals surface area contributed by atoms with Gasteiger partial charge < -0.3 is 15.9 Å². The van der Waals surface area contributed by atoms with Crippen LogP contribution < -0.4 is 5.73 Å². The lowest BCUT2D eigenvalue weighted by Gasteiger charge is -2.05. The van der Waals surface area contributed by atoms with Gasteiger partial charge in [0.15, 0.2) is 0 Å². The minimum Gasteiger partial charge on any atom is -0.478 e. The number of rotatable bonds is 4. The second-order valence-electron chi connectivity index (χ2n) is 5.26. The first-order valence-corrected chi connectivity index (χ1v) is 7.27. The van der Waals surface area contributed by atoms with Gasteiger partial charge in [0.2, 0.25) is 0 Å². The summed E-state index contributed by atoms with van der Waals surface area (Å²) in [4.78, 5) is 22.3. The Kier molecular flexibility index (Phi) is 4.13. The normalized spacial score (nSPS) is 11.0. The predicted molar refractivity (Wildman–Crippen MR) is 92.9 cm³/mol. The lowest BCUT2D eigenvalue weighted by atomic mass is 10.1. The average Bonchev–Trinajstić information content (AvgIpc) is 2.61. The largest absolute Gasteiger partial charge is 0.478 e. The predicted octanol–water partition coefficient (Wildman–Crippen LogP) is 4.23. The number of fused-ring (bicyclic) bond motifs is 1. The minimum absolute atomic E-state index is 0.239. The van der Waals surface area contributed by atoms with Gasteiger partial charge in [-0.2, -0.15) is 5.11 Å². The third-order valence-electron chi connectivity index (χ3n) is 3.67. The summed E-state index contributed by atoms with van der Waals surface area (Å²) in [7, 11) is 0. The molecule has 25 heavy (non-hydrogen) atoms. The highest BCUT2D eigenvalue weighted by Crippen LogP contribution is 2.31. The van der Waals surface area contributed by atoms with E-state index in [0.717, 1.165) is 10.8 Å². The highest BCUT2D eigenvalue weighted by atomic mass is 16.4. The molecule has 0 aliphatic carbocycles. The van der Waals surface area contributed by atoms with Crippen LogP contribution in [-0.4, -0.2) is 22.2 Å². The number of azo groups is 1. The first-order valence-electron chi connectivity index (χ1n) is 7.27. The van der Waals surface area contributed by atoms with Crippen LogP contribution in [0, 0.1) is 0 Å². The lowest BCUT2D eigenvalue weighted by Crippen LogP contribution is -2.07. The molecule has 0 unspecified atom stereocenters. The van der Waals surface area contributed by atoms with E-state index in [-0.39, 0.29) is 16.8 Å². The molecule has 7 heteroatoms. The number of carbonyl (C=O) groups is 2. The summed E-state index contributed by atoms with van der Waals surface area (Å²) >= 11 is 0. The number of hydrogen-bond donors (Lipinski definition) is 3. The van der Waals surface area contributed by atoms with Crippen molar-refractivity contribution < 1.29 is 19.8 Å². The van der Waals surface area contributed by atoms with Crippen molar-refractivity contribution in [1.29, 1.82) is 0 Å². The molecule has 0 aromatic heterocycles. The zero-order valence-corrected chi connectivity index (χ0v) is 12.9. The highest BCUT2D eigenvalue weighted by Gasteiger charge is 2.16. The molecular formula is C18H13N3O4. The lowest BCUT2D eigenvalue weighted by molar-refractivity contribution is 0.0651. The van der Waals surface area contributed by atoms with Gasteiger partial charge in [0.05, 0.1) is 22.5 Å². The van der Waals surface area contributed by atoms with Crippen LogP contribution in [0.15, 0.2) is 64.8 Å². The van der Waals surface area contributed by atoms with Crippen LogP contribution in [-0.2, 0) is 0 Å². The van der Waals surface area contributed by atoms with Crippen LogP contribution in [0.5, 0.6) is 0 Å². The summed E-state index contributed by atoms with van der Waals surface area (Å²) in [6.45, 7) is 0. The van der Waals surface area contributed by atoms with Gasteiger partial charge in [-0.3, -0.25) is 0 Å². The summed E-state index contributed by atoms with van der Waals surface area (Å²) in [5.41, 5.74) is 6.73. The molecule has 7 nitrogen and oxygen atoms in total. The van der Waals surface area contributed by atoms with Gasteiger partial charge >= 0.3 is 11.9 Å². The number of nitrogens with two attached hydrogens (primary N) is 1. The van der Waals surface area contributed by atoms with Gasteiger partial charge in [-0.1, -0.05) is 24.3 Å². The number of anilines is 1. The Morgan fingerprint density at radius 2 is 1.48 bits per heavy atom. The molecule has 124 valence electrons.